The molecular formula is C25H31N3O6. The van der Waals surface area contributed by atoms with Crippen molar-refractivity contribution in [3.8, 4) is 11.5 Å². The van der Waals surface area contributed by atoms with Gasteiger partial charge in [0.1, 0.15) is 11.5 Å². The van der Waals surface area contributed by atoms with Crippen LogP contribution >= 0.6 is 0 Å². The number of methoxy groups -OCH3 is 1. The smallest absolute Gasteiger partial charge is 0.262 e. The number of hydrogen-bond donors (Lipinski definition) is 2. The third kappa shape index (κ3) is 7.21. The maximum absolute atomic E-state index is 12.4. The Labute approximate surface area is 199 Å². The van der Waals surface area contributed by atoms with Crippen LogP contribution in [-0.2, 0) is 19.1 Å². The van der Waals surface area contributed by atoms with Crippen molar-refractivity contribution in [1.82, 2.24) is 5.32 Å². The third-order valence-corrected chi connectivity index (χ3v) is 5.29. The molecule has 9 heteroatoms. The average Bonchev–Trinajstić information content (AvgIpc) is 3.24. The standard InChI is InChI=1S/C25H31N3O6/c1-3-33-21-9-5-19(6-10-21)27-23(29)17-34-22-11-7-20(8-12-22)28-16-18(15-24(28)30)25(31)26-13-4-14-32-2/h5-12,18H,3-4,13-17H2,1-2H3,(H,26,31)(H,27,29)/t18-/m1/s1. The Morgan fingerprint density at radius 1 is 1.03 bits per heavy atom. The molecule has 3 rings (SSSR count). The average molecular weight is 470 g/mol. The summed E-state index contributed by atoms with van der Waals surface area (Å²) in [7, 11) is 1.61. The molecule has 3 amide bonds. The molecule has 1 atom stereocenters. The number of nitrogens with zero attached hydrogens (tertiary/aromatic N) is 1. The van der Waals surface area contributed by atoms with E-state index in [4.69, 9.17) is 14.2 Å². The first-order chi connectivity index (χ1) is 16.5. The van der Waals surface area contributed by atoms with Gasteiger partial charge < -0.3 is 29.7 Å². The molecule has 2 N–H and O–H groups in total. The van der Waals surface area contributed by atoms with Crippen molar-refractivity contribution in [1.29, 1.82) is 0 Å². The molecule has 0 aromatic heterocycles. The predicted octanol–water partition coefficient (Wildman–Crippen LogP) is 2.61. The molecule has 9 nitrogen and oxygen atoms in total. The lowest BCUT2D eigenvalue weighted by molar-refractivity contribution is -0.126. The van der Waals surface area contributed by atoms with Gasteiger partial charge in [-0.2, -0.15) is 0 Å². The van der Waals surface area contributed by atoms with Gasteiger partial charge in [-0.3, -0.25) is 14.4 Å². The van der Waals surface area contributed by atoms with E-state index in [1.165, 1.54) is 0 Å². The predicted molar refractivity (Wildman–Crippen MR) is 128 cm³/mol. The number of carbonyl (C=O) groups is 3. The van der Waals surface area contributed by atoms with Gasteiger partial charge in [0.05, 0.1) is 12.5 Å². The van der Waals surface area contributed by atoms with E-state index < -0.39 is 0 Å². The molecule has 0 bridgehead atoms. The Hall–Kier alpha value is -3.59. The monoisotopic (exact) mass is 469 g/mol. The van der Waals surface area contributed by atoms with Gasteiger partial charge in [-0.05, 0) is 61.9 Å². The van der Waals surface area contributed by atoms with Crippen LogP contribution in [0.25, 0.3) is 0 Å². The molecule has 0 spiro atoms. The molecule has 0 aliphatic carbocycles. The van der Waals surface area contributed by atoms with Crippen molar-refractivity contribution in [2.75, 3.05) is 50.2 Å². The van der Waals surface area contributed by atoms with Crippen molar-refractivity contribution in [2.45, 2.75) is 19.8 Å². The van der Waals surface area contributed by atoms with E-state index in [0.29, 0.717) is 43.4 Å². The van der Waals surface area contributed by atoms with E-state index in [2.05, 4.69) is 10.6 Å². The summed E-state index contributed by atoms with van der Waals surface area (Å²) < 4.78 is 15.9. The zero-order chi connectivity index (χ0) is 24.3. The van der Waals surface area contributed by atoms with Crippen molar-refractivity contribution in [2.24, 2.45) is 5.92 Å². The molecular weight excluding hydrogens is 438 g/mol. The first-order valence-corrected chi connectivity index (χ1v) is 11.3. The Morgan fingerprint density at radius 3 is 2.38 bits per heavy atom. The highest BCUT2D eigenvalue weighted by Gasteiger charge is 2.34. The normalized spacial score (nSPS) is 15.2. The highest BCUT2D eigenvalue weighted by Crippen LogP contribution is 2.27. The van der Waals surface area contributed by atoms with Crippen molar-refractivity contribution in [3.63, 3.8) is 0 Å². The van der Waals surface area contributed by atoms with Gasteiger partial charge in [0.25, 0.3) is 5.91 Å². The number of anilines is 2. The fraction of sp³-hybridized carbons (Fsp3) is 0.400. The number of nitrogens with one attached hydrogen (secondary N) is 2. The van der Waals surface area contributed by atoms with E-state index in [1.807, 2.05) is 6.92 Å². The molecule has 1 fully saturated rings. The summed E-state index contributed by atoms with van der Waals surface area (Å²) in [6.07, 6.45) is 0.909. The zero-order valence-corrected chi connectivity index (χ0v) is 19.5. The summed E-state index contributed by atoms with van der Waals surface area (Å²) in [6, 6.07) is 14.0. The molecule has 2 aromatic carbocycles. The second kappa shape index (κ2) is 12.6. The fourth-order valence-electron chi connectivity index (χ4n) is 3.57. The molecule has 0 saturated carbocycles. The Bertz CT molecular complexity index is 962. The minimum atomic E-state index is -0.378. The van der Waals surface area contributed by atoms with Gasteiger partial charge in [-0.25, -0.2) is 0 Å². The molecule has 1 saturated heterocycles. The molecule has 182 valence electrons. The van der Waals surface area contributed by atoms with Gasteiger partial charge in [-0.1, -0.05) is 0 Å². The quantitative estimate of drug-likeness (QED) is 0.463. The maximum Gasteiger partial charge on any atom is 0.262 e. The Balaban J connectivity index is 1.45. The minimum Gasteiger partial charge on any atom is -0.494 e. The van der Waals surface area contributed by atoms with Crippen LogP contribution in [0.3, 0.4) is 0 Å². The Morgan fingerprint density at radius 2 is 1.71 bits per heavy atom. The summed E-state index contributed by atoms with van der Waals surface area (Å²) >= 11 is 0. The van der Waals surface area contributed by atoms with Crippen LogP contribution in [0.15, 0.2) is 48.5 Å². The van der Waals surface area contributed by atoms with E-state index >= 15 is 0 Å². The van der Waals surface area contributed by atoms with Gasteiger partial charge in [0.2, 0.25) is 11.8 Å². The molecule has 1 aliphatic rings. The van der Waals surface area contributed by atoms with Crippen molar-refractivity contribution >= 4 is 29.1 Å². The summed E-state index contributed by atoms with van der Waals surface area (Å²) in [6.45, 7) is 3.77. The van der Waals surface area contributed by atoms with Crippen molar-refractivity contribution in [3.05, 3.63) is 48.5 Å². The third-order valence-electron chi connectivity index (χ3n) is 5.29. The van der Waals surface area contributed by atoms with E-state index in [9.17, 15) is 14.4 Å². The highest BCUT2D eigenvalue weighted by molar-refractivity contribution is 6.00. The zero-order valence-electron chi connectivity index (χ0n) is 19.5. The SMILES string of the molecule is CCOc1ccc(NC(=O)COc2ccc(N3C[C@H](C(=O)NCCCOC)CC3=O)cc2)cc1. The molecule has 1 heterocycles. The number of ether oxygens (including phenoxy) is 3. The molecule has 34 heavy (non-hydrogen) atoms. The van der Waals surface area contributed by atoms with Gasteiger partial charge in [0, 0.05) is 44.6 Å². The first kappa shape index (κ1) is 25.0. The topological polar surface area (TPSA) is 106 Å². The van der Waals surface area contributed by atoms with Gasteiger partial charge in [-0.15, -0.1) is 0 Å². The Kier molecular flexibility index (Phi) is 9.28. The molecule has 0 radical (unpaired) electrons. The fourth-order valence-corrected chi connectivity index (χ4v) is 3.57. The highest BCUT2D eigenvalue weighted by atomic mass is 16.5. The van der Waals surface area contributed by atoms with Crippen LogP contribution in [0, 0.1) is 5.92 Å². The van der Waals surface area contributed by atoms with E-state index in [0.717, 1.165) is 12.2 Å². The summed E-state index contributed by atoms with van der Waals surface area (Å²) in [5, 5.41) is 5.62. The van der Waals surface area contributed by atoms with Crippen molar-refractivity contribution < 1.29 is 28.6 Å². The molecule has 2 aromatic rings. The van der Waals surface area contributed by atoms with Crippen LogP contribution < -0.4 is 25.0 Å². The maximum atomic E-state index is 12.4. The summed E-state index contributed by atoms with van der Waals surface area (Å²) in [5.74, 6) is 0.359. The van der Waals surface area contributed by atoms with Crippen LogP contribution in [0.2, 0.25) is 0 Å². The second-order valence-corrected chi connectivity index (χ2v) is 7.83. The number of benzene rings is 2. The van der Waals surface area contributed by atoms with Crippen LogP contribution in [0.4, 0.5) is 11.4 Å². The van der Waals surface area contributed by atoms with Crippen LogP contribution in [0.5, 0.6) is 11.5 Å². The number of amides is 3. The number of rotatable bonds is 12. The second-order valence-electron chi connectivity index (χ2n) is 7.83. The minimum absolute atomic E-state index is 0.0968. The number of carbonyl (C=O) groups excluding carboxylic acids is 3. The number of hydrogen-bond acceptors (Lipinski definition) is 6. The summed E-state index contributed by atoms with van der Waals surface area (Å²) in [4.78, 5) is 38.5. The lowest BCUT2D eigenvalue weighted by atomic mass is 10.1. The summed E-state index contributed by atoms with van der Waals surface area (Å²) in [5.41, 5.74) is 1.34. The lowest BCUT2D eigenvalue weighted by Crippen LogP contribution is -2.33. The molecule has 0 unspecified atom stereocenters. The lowest BCUT2D eigenvalue weighted by Gasteiger charge is -2.17. The van der Waals surface area contributed by atoms with Gasteiger partial charge >= 0.3 is 0 Å². The first-order valence-electron chi connectivity index (χ1n) is 11.3. The van der Waals surface area contributed by atoms with Crippen LogP contribution in [-0.4, -0.2) is 57.7 Å². The van der Waals surface area contributed by atoms with Gasteiger partial charge in [0.15, 0.2) is 6.61 Å². The molecule has 1 aliphatic heterocycles. The van der Waals surface area contributed by atoms with Crippen LogP contribution in [0.1, 0.15) is 19.8 Å². The van der Waals surface area contributed by atoms with E-state index in [-0.39, 0.29) is 36.7 Å². The van der Waals surface area contributed by atoms with E-state index in [1.54, 1.807) is 60.5 Å². The largest absolute Gasteiger partial charge is 0.494 e.